The molecule has 1 saturated heterocycles. The SMILES string of the molecule is CC1(C)COB(c2ccc(OCc3ccccc3)nc2)O1. The van der Waals surface area contributed by atoms with E-state index < -0.39 is 0 Å². The molecule has 1 aromatic heterocycles. The molecule has 108 valence electrons. The standard InChI is InChI=1S/C16H18BNO3/c1-16(2)12-20-17(21-16)14-8-9-15(18-10-14)19-11-13-6-4-3-5-7-13/h3-10H,11-12H2,1-2H3. The largest absolute Gasteiger partial charge is 0.496 e. The molecule has 2 heterocycles. The Balaban J connectivity index is 1.60. The van der Waals surface area contributed by atoms with E-state index in [1.165, 1.54) is 0 Å². The van der Waals surface area contributed by atoms with Crippen molar-refractivity contribution >= 4 is 12.6 Å². The summed E-state index contributed by atoms with van der Waals surface area (Å²) in [5, 5.41) is 0. The Morgan fingerprint density at radius 2 is 2.00 bits per heavy atom. The minimum Gasteiger partial charge on any atom is -0.473 e. The Morgan fingerprint density at radius 3 is 2.62 bits per heavy atom. The summed E-state index contributed by atoms with van der Waals surface area (Å²) < 4.78 is 17.1. The molecule has 0 spiro atoms. The van der Waals surface area contributed by atoms with Crippen molar-refractivity contribution in [3.05, 3.63) is 54.2 Å². The molecule has 4 nitrogen and oxygen atoms in total. The highest BCUT2D eigenvalue weighted by Crippen LogP contribution is 2.19. The molecule has 1 aliphatic heterocycles. The molecule has 0 aliphatic carbocycles. The van der Waals surface area contributed by atoms with E-state index in [1.807, 2.05) is 56.3 Å². The van der Waals surface area contributed by atoms with Crippen molar-refractivity contribution in [3.8, 4) is 5.88 Å². The number of pyridine rings is 1. The molecule has 0 radical (unpaired) electrons. The Kier molecular flexibility index (Phi) is 3.95. The van der Waals surface area contributed by atoms with Crippen molar-refractivity contribution in [1.82, 2.24) is 4.98 Å². The lowest BCUT2D eigenvalue weighted by Gasteiger charge is -2.15. The van der Waals surface area contributed by atoms with Crippen LogP contribution in [-0.2, 0) is 15.9 Å². The third-order valence-electron chi connectivity index (χ3n) is 3.27. The van der Waals surface area contributed by atoms with Crippen molar-refractivity contribution in [2.45, 2.75) is 26.1 Å². The normalized spacial score (nSPS) is 17.0. The van der Waals surface area contributed by atoms with Gasteiger partial charge >= 0.3 is 7.12 Å². The molecular weight excluding hydrogens is 265 g/mol. The van der Waals surface area contributed by atoms with Gasteiger partial charge in [-0.05, 0) is 25.5 Å². The lowest BCUT2D eigenvalue weighted by Crippen LogP contribution is -2.34. The Bertz CT molecular complexity index is 586. The summed E-state index contributed by atoms with van der Waals surface area (Å²) in [6.45, 7) is 5.12. The van der Waals surface area contributed by atoms with E-state index in [-0.39, 0.29) is 12.7 Å². The summed E-state index contributed by atoms with van der Waals surface area (Å²) in [5.41, 5.74) is 1.79. The summed E-state index contributed by atoms with van der Waals surface area (Å²) in [7, 11) is -0.337. The van der Waals surface area contributed by atoms with Crippen LogP contribution < -0.4 is 10.2 Å². The molecule has 3 rings (SSSR count). The predicted molar refractivity (Wildman–Crippen MR) is 81.5 cm³/mol. The molecule has 1 fully saturated rings. The number of hydrogen-bond donors (Lipinski definition) is 0. The van der Waals surface area contributed by atoms with E-state index in [2.05, 4.69) is 4.98 Å². The van der Waals surface area contributed by atoms with Crippen molar-refractivity contribution in [1.29, 1.82) is 0 Å². The van der Waals surface area contributed by atoms with Crippen LogP contribution in [0.1, 0.15) is 19.4 Å². The van der Waals surface area contributed by atoms with E-state index in [4.69, 9.17) is 14.0 Å². The number of aromatic nitrogens is 1. The van der Waals surface area contributed by atoms with Gasteiger partial charge in [-0.3, -0.25) is 0 Å². The van der Waals surface area contributed by atoms with Crippen molar-refractivity contribution in [3.63, 3.8) is 0 Å². The second kappa shape index (κ2) is 5.88. The number of hydrogen-bond acceptors (Lipinski definition) is 4. The van der Waals surface area contributed by atoms with Crippen LogP contribution in [0.15, 0.2) is 48.7 Å². The molecule has 1 aromatic carbocycles. The summed E-state index contributed by atoms with van der Waals surface area (Å²) in [5.74, 6) is 0.597. The first-order valence-electron chi connectivity index (χ1n) is 7.04. The Hall–Kier alpha value is -1.85. The van der Waals surface area contributed by atoms with Gasteiger partial charge in [0.05, 0.1) is 12.2 Å². The van der Waals surface area contributed by atoms with Crippen LogP contribution in [0.3, 0.4) is 0 Å². The lowest BCUT2D eigenvalue weighted by atomic mass is 9.80. The van der Waals surface area contributed by atoms with Gasteiger partial charge in [0.25, 0.3) is 0 Å². The first kappa shape index (κ1) is 14.1. The van der Waals surface area contributed by atoms with Gasteiger partial charge < -0.3 is 14.0 Å². The van der Waals surface area contributed by atoms with E-state index >= 15 is 0 Å². The molecule has 0 N–H and O–H groups in total. The second-order valence-electron chi connectivity index (χ2n) is 5.72. The molecular formula is C16H18BNO3. The third kappa shape index (κ3) is 3.62. The zero-order chi connectivity index (χ0) is 14.7. The van der Waals surface area contributed by atoms with E-state index in [0.717, 1.165) is 11.0 Å². The first-order valence-corrected chi connectivity index (χ1v) is 7.04. The summed E-state index contributed by atoms with van der Waals surface area (Å²) in [4.78, 5) is 4.30. The minimum absolute atomic E-state index is 0.243. The third-order valence-corrected chi connectivity index (χ3v) is 3.27. The molecule has 0 atom stereocenters. The first-order chi connectivity index (χ1) is 10.1. The van der Waals surface area contributed by atoms with Gasteiger partial charge in [-0.1, -0.05) is 36.4 Å². The molecule has 0 saturated carbocycles. The van der Waals surface area contributed by atoms with Crippen molar-refractivity contribution in [2.75, 3.05) is 6.61 Å². The van der Waals surface area contributed by atoms with E-state index in [0.29, 0.717) is 19.1 Å². The predicted octanol–water partition coefficient (Wildman–Crippen LogP) is 2.18. The highest BCUT2D eigenvalue weighted by Gasteiger charge is 2.38. The van der Waals surface area contributed by atoms with Gasteiger partial charge in [0.1, 0.15) is 6.61 Å². The fraction of sp³-hybridized carbons (Fsp3) is 0.312. The number of ether oxygens (including phenoxy) is 1. The maximum atomic E-state index is 5.80. The smallest absolute Gasteiger partial charge is 0.473 e. The van der Waals surface area contributed by atoms with Crippen LogP contribution in [0, 0.1) is 0 Å². The summed E-state index contributed by atoms with van der Waals surface area (Å²) >= 11 is 0. The second-order valence-corrected chi connectivity index (χ2v) is 5.72. The highest BCUT2D eigenvalue weighted by molar-refractivity contribution is 6.61. The summed E-state index contributed by atoms with van der Waals surface area (Å²) in [6.07, 6.45) is 1.74. The zero-order valence-corrected chi connectivity index (χ0v) is 12.3. The van der Waals surface area contributed by atoms with Crippen LogP contribution in [-0.4, -0.2) is 24.3 Å². The van der Waals surface area contributed by atoms with Crippen LogP contribution in [0.4, 0.5) is 0 Å². The molecule has 0 bridgehead atoms. The van der Waals surface area contributed by atoms with Gasteiger partial charge in [-0.15, -0.1) is 0 Å². The van der Waals surface area contributed by atoms with Gasteiger partial charge in [0.15, 0.2) is 0 Å². The quantitative estimate of drug-likeness (QED) is 0.806. The Morgan fingerprint density at radius 1 is 1.19 bits per heavy atom. The van der Waals surface area contributed by atoms with Gasteiger partial charge in [0.2, 0.25) is 5.88 Å². The maximum Gasteiger partial charge on any atom is 0.496 e. The van der Waals surface area contributed by atoms with Crippen LogP contribution in [0.5, 0.6) is 5.88 Å². The van der Waals surface area contributed by atoms with Crippen molar-refractivity contribution < 1.29 is 14.0 Å². The molecule has 1 aliphatic rings. The fourth-order valence-electron chi connectivity index (χ4n) is 2.15. The Labute approximate surface area is 125 Å². The van der Waals surface area contributed by atoms with Gasteiger partial charge in [0, 0.05) is 11.7 Å². The highest BCUT2D eigenvalue weighted by atomic mass is 16.7. The molecule has 2 aromatic rings. The van der Waals surface area contributed by atoms with Crippen LogP contribution in [0.2, 0.25) is 0 Å². The van der Waals surface area contributed by atoms with E-state index in [1.54, 1.807) is 6.20 Å². The molecule has 0 amide bonds. The van der Waals surface area contributed by atoms with Crippen LogP contribution in [0.25, 0.3) is 0 Å². The van der Waals surface area contributed by atoms with Gasteiger partial charge in [-0.25, -0.2) is 4.98 Å². The number of benzene rings is 1. The number of rotatable bonds is 4. The van der Waals surface area contributed by atoms with Crippen LogP contribution >= 0.6 is 0 Å². The zero-order valence-electron chi connectivity index (χ0n) is 12.3. The average molecular weight is 283 g/mol. The topological polar surface area (TPSA) is 40.6 Å². The summed E-state index contributed by atoms with van der Waals surface area (Å²) in [6, 6.07) is 13.8. The molecule has 21 heavy (non-hydrogen) atoms. The minimum atomic E-state index is -0.337. The average Bonchev–Trinajstić information content (AvgIpc) is 2.87. The maximum absolute atomic E-state index is 5.80. The lowest BCUT2D eigenvalue weighted by molar-refractivity contribution is 0.137. The monoisotopic (exact) mass is 283 g/mol. The number of nitrogens with zero attached hydrogens (tertiary/aromatic N) is 1. The van der Waals surface area contributed by atoms with Crippen molar-refractivity contribution in [2.24, 2.45) is 0 Å². The van der Waals surface area contributed by atoms with E-state index in [9.17, 15) is 0 Å². The molecule has 5 heteroatoms. The fourth-order valence-corrected chi connectivity index (χ4v) is 2.15. The molecule has 0 unspecified atom stereocenters. The van der Waals surface area contributed by atoms with Gasteiger partial charge in [-0.2, -0.15) is 0 Å².